The van der Waals surface area contributed by atoms with Gasteiger partial charge < -0.3 is 10.1 Å². The van der Waals surface area contributed by atoms with Crippen LogP contribution in [-0.2, 0) is 19.6 Å². The number of benzene rings is 1. The average Bonchev–Trinajstić information content (AvgIpc) is 2.47. The number of anilines is 1. The second-order valence-electron chi connectivity index (χ2n) is 6.43. The molecule has 0 aromatic heterocycles. The van der Waals surface area contributed by atoms with Gasteiger partial charge in [0.15, 0.2) is 0 Å². The SMILES string of the molecule is C[C@@H]1CN(CC(=O)Nc2cc(S(=O)(=O)N(C)C)ccc2Cl)C[C@@H](C)O1. The van der Waals surface area contributed by atoms with Crippen LogP contribution in [0.25, 0.3) is 0 Å². The molecule has 1 aliphatic rings. The van der Waals surface area contributed by atoms with E-state index in [0.29, 0.717) is 13.1 Å². The number of nitrogens with zero attached hydrogens (tertiary/aromatic N) is 2. The van der Waals surface area contributed by atoms with Gasteiger partial charge in [0.2, 0.25) is 15.9 Å². The molecule has 0 bridgehead atoms. The lowest BCUT2D eigenvalue weighted by molar-refractivity contribution is -0.121. The molecule has 9 heteroatoms. The van der Waals surface area contributed by atoms with E-state index in [1.54, 1.807) is 0 Å². The molecule has 1 heterocycles. The van der Waals surface area contributed by atoms with Gasteiger partial charge in [-0.25, -0.2) is 12.7 Å². The van der Waals surface area contributed by atoms with Crippen LogP contribution in [0.3, 0.4) is 0 Å². The summed E-state index contributed by atoms with van der Waals surface area (Å²) in [6.45, 7) is 5.46. The van der Waals surface area contributed by atoms with Gasteiger partial charge in [0.1, 0.15) is 0 Å². The van der Waals surface area contributed by atoms with Gasteiger partial charge in [-0.2, -0.15) is 0 Å². The van der Waals surface area contributed by atoms with Crippen molar-refractivity contribution >= 4 is 33.2 Å². The Kier molecular flexibility index (Phi) is 6.45. The summed E-state index contributed by atoms with van der Waals surface area (Å²) in [5.41, 5.74) is 0.281. The standard InChI is InChI=1S/C16H24ClN3O4S/c1-11-8-20(9-12(2)24-11)10-16(21)18-15-7-13(5-6-14(15)17)25(22,23)19(3)4/h5-7,11-12H,8-10H2,1-4H3,(H,18,21)/t11-,12-/m1/s1. The fourth-order valence-electron chi connectivity index (χ4n) is 2.78. The molecule has 2 atom stereocenters. The minimum atomic E-state index is -3.60. The number of ether oxygens (including phenoxy) is 1. The van der Waals surface area contributed by atoms with Crippen LogP contribution in [0, 0.1) is 0 Å². The smallest absolute Gasteiger partial charge is 0.242 e. The van der Waals surface area contributed by atoms with Gasteiger partial charge in [-0.15, -0.1) is 0 Å². The maximum Gasteiger partial charge on any atom is 0.242 e. The fourth-order valence-corrected chi connectivity index (χ4v) is 3.87. The van der Waals surface area contributed by atoms with Crippen LogP contribution >= 0.6 is 11.6 Å². The number of halogens is 1. The zero-order chi connectivity index (χ0) is 18.8. The summed E-state index contributed by atoms with van der Waals surface area (Å²) < 4.78 is 31.2. The normalized spacial score (nSPS) is 22.2. The number of hydrogen-bond acceptors (Lipinski definition) is 5. The molecule has 1 aromatic rings. The largest absolute Gasteiger partial charge is 0.373 e. The first-order valence-electron chi connectivity index (χ1n) is 7.99. The Bertz CT molecular complexity index is 729. The molecule has 7 nitrogen and oxygen atoms in total. The molecule has 1 fully saturated rings. The third-order valence-corrected chi connectivity index (χ3v) is 5.99. The summed E-state index contributed by atoms with van der Waals surface area (Å²) in [6, 6.07) is 4.26. The van der Waals surface area contributed by atoms with Gasteiger partial charge in [-0.05, 0) is 32.0 Å². The second kappa shape index (κ2) is 8.01. The second-order valence-corrected chi connectivity index (χ2v) is 8.99. The Morgan fingerprint density at radius 3 is 2.48 bits per heavy atom. The zero-order valence-corrected chi connectivity index (χ0v) is 16.4. The number of hydrogen-bond donors (Lipinski definition) is 1. The van der Waals surface area contributed by atoms with E-state index in [1.165, 1.54) is 32.3 Å². The Labute approximate surface area is 153 Å². The van der Waals surface area contributed by atoms with Crippen molar-refractivity contribution in [2.75, 3.05) is 39.0 Å². The summed E-state index contributed by atoms with van der Waals surface area (Å²) in [6.07, 6.45) is 0.127. The summed E-state index contributed by atoms with van der Waals surface area (Å²) in [5.74, 6) is -0.248. The van der Waals surface area contributed by atoms with Gasteiger partial charge in [-0.1, -0.05) is 11.6 Å². The first kappa shape index (κ1) is 20.1. The van der Waals surface area contributed by atoms with E-state index in [4.69, 9.17) is 16.3 Å². The lowest BCUT2D eigenvalue weighted by atomic mass is 10.2. The van der Waals surface area contributed by atoms with Crippen molar-refractivity contribution in [3.05, 3.63) is 23.2 Å². The summed E-state index contributed by atoms with van der Waals surface area (Å²) in [4.78, 5) is 14.4. The molecule has 140 valence electrons. The highest BCUT2D eigenvalue weighted by Gasteiger charge is 2.24. The first-order valence-corrected chi connectivity index (χ1v) is 9.81. The molecule has 1 saturated heterocycles. The molecule has 1 amide bonds. The molecular weight excluding hydrogens is 366 g/mol. The molecular formula is C16H24ClN3O4S. The van der Waals surface area contributed by atoms with E-state index in [1.807, 2.05) is 18.7 Å². The zero-order valence-electron chi connectivity index (χ0n) is 14.8. The van der Waals surface area contributed by atoms with Crippen molar-refractivity contribution in [1.82, 2.24) is 9.21 Å². The fraction of sp³-hybridized carbons (Fsp3) is 0.562. The van der Waals surface area contributed by atoms with E-state index in [0.717, 1.165) is 4.31 Å². The maximum absolute atomic E-state index is 12.3. The quantitative estimate of drug-likeness (QED) is 0.828. The molecule has 0 radical (unpaired) electrons. The van der Waals surface area contributed by atoms with E-state index >= 15 is 0 Å². The Morgan fingerprint density at radius 1 is 1.32 bits per heavy atom. The molecule has 1 aliphatic heterocycles. The number of amides is 1. The molecule has 0 unspecified atom stereocenters. The summed E-state index contributed by atoms with van der Waals surface area (Å²) in [7, 11) is -0.703. The number of nitrogens with one attached hydrogen (secondary N) is 1. The molecule has 0 saturated carbocycles. The molecule has 1 aromatic carbocycles. The van der Waals surface area contributed by atoms with Crippen LogP contribution in [0.2, 0.25) is 5.02 Å². The van der Waals surface area contributed by atoms with Gasteiger partial charge in [0.05, 0.1) is 34.4 Å². The molecule has 0 aliphatic carbocycles. The van der Waals surface area contributed by atoms with Gasteiger partial charge in [0.25, 0.3) is 0 Å². The highest BCUT2D eigenvalue weighted by molar-refractivity contribution is 7.89. The van der Waals surface area contributed by atoms with E-state index in [9.17, 15) is 13.2 Å². The third kappa shape index (κ3) is 5.15. The van der Waals surface area contributed by atoms with E-state index in [-0.39, 0.29) is 40.3 Å². The van der Waals surface area contributed by atoms with Crippen molar-refractivity contribution < 1.29 is 17.9 Å². The van der Waals surface area contributed by atoms with E-state index in [2.05, 4.69) is 5.32 Å². The molecule has 1 N–H and O–H groups in total. The number of morpholine rings is 1. The minimum absolute atomic E-state index is 0.0636. The van der Waals surface area contributed by atoms with Crippen LogP contribution < -0.4 is 5.32 Å². The highest BCUT2D eigenvalue weighted by atomic mass is 35.5. The average molecular weight is 390 g/mol. The van der Waals surface area contributed by atoms with E-state index < -0.39 is 10.0 Å². The Balaban J connectivity index is 2.10. The topological polar surface area (TPSA) is 79.0 Å². The number of carbonyl (C=O) groups excluding carboxylic acids is 1. The lowest BCUT2D eigenvalue weighted by Gasteiger charge is -2.34. The van der Waals surface area contributed by atoms with Crippen molar-refractivity contribution in [2.24, 2.45) is 0 Å². The van der Waals surface area contributed by atoms with Crippen molar-refractivity contribution in [1.29, 1.82) is 0 Å². The van der Waals surface area contributed by atoms with Crippen LogP contribution in [-0.4, -0.2) is 69.5 Å². The maximum atomic E-state index is 12.3. The van der Waals surface area contributed by atoms with Crippen LogP contribution in [0.5, 0.6) is 0 Å². The van der Waals surface area contributed by atoms with Gasteiger partial charge in [0, 0.05) is 27.2 Å². The third-order valence-electron chi connectivity index (χ3n) is 3.85. The van der Waals surface area contributed by atoms with Crippen molar-refractivity contribution in [3.8, 4) is 0 Å². The lowest BCUT2D eigenvalue weighted by Crippen LogP contribution is -2.48. The molecule has 25 heavy (non-hydrogen) atoms. The number of carbonyl (C=O) groups is 1. The Hall–Kier alpha value is -1.19. The monoisotopic (exact) mass is 389 g/mol. The van der Waals surface area contributed by atoms with Crippen LogP contribution in [0.1, 0.15) is 13.8 Å². The van der Waals surface area contributed by atoms with Crippen LogP contribution in [0.15, 0.2) is 23.1 Å². The minimum Gasteiger partial charge on any atom is -0.373 e. The van der Waals surface area contributed by atoms with Gasteiger partial charge in [-0.3, -0.25) is 9.69 Å². The van der Waals surface area contributed by atoms with Crippen molar-refractivity contribution in [3.63, 3.8) is 0 Å². The molecule has 0 spiro atoms. The molecule has 2 rings (SSSR count). The van der Waals surface area contributed by atoms with Gasteiger partial charge >= 0.3 is 0 Å². The highest BCUT2D eigenvalue weighted by Crippen LogP contribution is 2.26. The van der Waals surface area contributed by atoms with Crippen LogP contribution in [0.4, 0.5) is 5.69 Å². The first-order chi connectivity index (χ1) is 11.6. The van der Waals surface area contributed by atoms with Crippen molar-refractivity contribution in [2.45, 2.75) is 31.0 Å². The number of sulfonamides is 1. The number of rotatable bonds is 5. The predicted octanol–water partition coefficient (Wildman–Crippen LogP) is 1.64. The Morgan fingerprint density at radius 2 is 1.92 bits per heavy atom. The summed E-state index contributed by atoms with van der Waals surface area (Å²) in [5, 5.41) is 2.99. The predicted molar refractivity (Wildman–Crippen MR) is 97.4 cm³/mol. The summed E-state index contributed by atoms with van der Waals surface area (Å²) >= 11 is 6.10.